The van der Waals surface area contributed by atoms with E-state index in [0.717, 1.165) is 38.0 Å². The third kappa shape index (κ3) is 3.37. The topological polar surface area (TPSA) is 66.8 Å². The number of aliphatic hydroxyl groups excluding tert-OH is 2. The molecule has 4 rings (SSSR count). The molecule has 0 aliphatic heterocycles. The first kappa shape index (κ1) is 21.6. The molecule has 4 aliphatic rings. The summed E-state index contributed by atoms with van der Waals surface area (Å²) < 4.78 is 4.85. The van der Waals surface area contributed by atoms with Crippen molar-refractivity contribution in [2.45, 2.75) is 97.2 Å². The van der Waals surface area contributed by atoms with Gasteiger partial charge in [-0.15, -0.1) is 0 Å². The van der Waals surface area contributed by atoms with Gasteiger partial charge in [-0.1, -0.05) is 20.8 Å². The second-order valence-corrected chi connectivity index (χ2v) is 11.5. The zero-order valence-corrected chi connectivity index (χ0v) is 18.9. The first-order valence-corrected chi connectivity index (χ1v) is 12.1. The quantitative estimate of drug-likeness (QED) is 0.671. The number of esters is 1. The van der Waals surface area contributed by atoms with Crippen molar-refractivity contribution in [1.29, 1.82) is 0 Å². The van der Waals surface area contributed by atoms with Crippen molar-refractivity contribution in [2.75, 3.05) is 7.11 Å². The van der Waals surface area contributed by atoms with E-state index in [0.29, 0.717) is 41.4 Å². The second kappa shape index (κ2) is 7.82. The maximum Gasteiger partial charge on any atom is 0.305 e. The highest BCUT2D eigenvalue weighted by Gasteiger charge is 2.63. The Hall–Kier alpha value is -0.610. The monoisotopic (exact) mass is 406 g/mol. The summed E-state index contributed by atoms with van der Waals surface area (Å²) >= 11 is 0. The van der Waals surface area contributed by atoms with E-state index in [9.17, 15) is 15.0 Å². The number of ether oxygens (including phenoxy) is 1. The van der Waals surface area contributed by atoms with Crippen LogP contribution < -0.4 is 0 Å². The summed E-state index contributed by atoms with van der Waals surface area (Å²) in [5, 5.41) is 21.8. The van der Waals surface area contributed by atoms with Crippen molar-refractivity contribution in [2.24, 2.45) is 46.3 Å². The smallest absolute Gasteiger partial charge is 0.305 e. The van der Waals surface area contributed by atoms with Crippen molar-refractivity contribution < 1.29 is 19.7 Å². The average Bonchev–Trinajstić information content (AvgIpc) is 3.06. The Bertz CT molecular complexity index is 620. The molecule has 10 atom stereocenters. The number of carbonyl (C=O) groups excluding carboxylic acids is 1. The summed E-state index contributed by atoms with van der Waals surface area (Å²) in [5.74, 6) is 3.36. The maximum atomic E-state index is 11.6. The minimum atomic E-state index is -0.246. The predicted molar refractivity (Wildman–Crippen MR) is 113 cm³/mol. The molecule has 0 aromatic rings. The Morgan fingerprint density at radius 1 is 1.07 bits per heavy atom. The SMILES string of the molecule is COC(=O)CC[C@H](C)[C@H]1CC[C@H]2[C@@H]3CC[C@@H]4C[C@@H](O)CC[C@]4(C)[C@H]3C[C@@H](O)[C@]12C. The number of hydrogen-bond donors (Lipinski definition) is 2. The number of methoxy groups -OCH3 is 1. The molecular formula is C25H42O4. The minimum absolute atomic E-state index is 0.0198. The van der Waals surface area contributed by atoms with Gasteiger partial charge >= 0.3 is 5.97 Å². The van der Waals surface area contributed by atoms with Crippen LogP contribution in [0.3, 0.4) is 0 Å². The van der Waals surface area contributed by atoms with Gasteiger partial charge in [-0.3, -0.25) is 4.79 Å². The molecule has 0 amide bonds. The summed E-state index contributed by atoms with van der Waals surface area (Å²) in [6.07, 6.45) is 9.86. The molecule has 0 unspecified atom stereocenters. The van der Waals surface area contributed by atoms with Gasteiger partial charge in [0.15, 0.2) is 0 Å². The normalized spacial score (nSPS) is 50.2. The molecule has 0 radical (unpaired) electrons. The third-order valence-corrected chi connectivity index (χ3v) is 10.5. The van der Waals surface area contributed by atoms with Crippen LogP contribution in [0.5, 0.6) is 0 Å². The molecule has 4 nitrogen and oxygen atoms in total. The van der Waals surface area contributed by atoms with Crippen LogP contribution >= 0.6 is 0 Å². The fraction of sp³-hybridized carbons (Fsp3) is 0.960. The Morgan fingerprint density at radius 2 is 1.83 bits per heavy atom. The largest absolute Gasteiger partial charge is 0.469 e. The van der Waals surface area contributed by atoms with Gasteiger partial charge in [0.25, 0.3) is 0 Å². The lowest BCUT2D eigenvalue weighted by Crippen LogP contribution is -2.58. The fourth-order valence-corrected chi connectivity index (χ4v) is 8.81. The van der Waals surface area contributed by atoms with Crippen LogP contribution in [0.15, 0.2) is 0 Å². The Labute approximate surface area is 176 Å². The molecule has 0 saturated heterocycles. The predicted octanol–water partition coefficient (Wildman–Crippen LogP) is 4.57. The first-order valence-electron chi connectivity index (χ1n) is 12.1. The van der Waals surface area contributed by atoms with Crippen LogP contribution in [0, 0.1) is 46.3 Å². The van der Waals surface area contributed by atoms with Crippen molar-refractivity contribution in [3.63, 3.8) is 0 Å². The molecule has 4 aliphatic carbocycles. The van der Waals surface area contributed by atoms with E-state index in [4.69, 9.17) is 4.74 Å². The van der Waals surface area contributed by atoms with E-state index in [1.165, 1.54) is 32.8 Å². The average molecular weight is 407 g/mol. The van der Waals surface area contributed by atoms with Crippen LogP contribution in [-0.2, 0) is 9.53 Å². The molecule has 0 aromatic carbocycles. The summed E-state index contributed by atoms with van der Waals surface area (Å²) in [4.78, 5) is 11.6. The van der Waals surface area contributed by atoms with Gasteiger partial charge < -0.3 is 14.9 Å². The Kier molecular flexibility index (Phi) is 5.83. The fourth-order valence-electron chi connectivity index (χ4n) is 8.81. The van der Waals surface area contributed by atoms with Gasteiger partial charge in [-0.25, -0.2) is 0 Å². The van der Waals surface area contributed by atoms with Crippen molar-refractivity contribution in [3.05, 3.63) is 0 Å². The molecule has 4 fully saturated rings. The number of aliphatic hydroxyl groups is 2. The van der Waals surface area contributed by atoms with Crippen LogP contribution in [0.2, 0.25) is 0 Å². The van der Waals surface area contributed by atoms with E-state index in [1.54, 1.807) is 0 Å². The highest BCUT2D eigenvalue weighted by Crippen LogP contribution is 2.68. The van der Waals surface area contributed by atoms with Gasteiger partial charge in [0, 0.05) is 6.42 Å². The van der Waals surface area contributed by atoms with E-state index >= 15 is 0 Å². The van der Waals surface area contributed by atoms with Crippen LogP contribution in [0.1, 0.15) is 85.0 Å². The zero-order chi connectivity index (χ0) is 21.0. The first-order chi connectivity index (χ1) is 13.7. The maximum absolute atomic E-state index is 11.6. The molecular weight excluding hydrogens is 364 g/mol. The number of fused-ring (bicyclic) bond motifs is 5. The van der Waals surface area contributed by atoms with Crippen LogP contribution in [0.4, 0.5) is 0 Å². The number of rotatable bonds is 4. The van der Waals surface area contributed by atoms with Crippen molar-refractivity contribution in [3.8, 4) is 0 Å². The highest BCUT2D eigenvalue weighted by molar-refractivity contribution is 5.69. The van der Waals surface area contributed by atoms with Crippen LogP contribution in [-0.4, -0.2) is 35.5 Å². The molecule has 0 aromatic heterocycles. The summed E-state index contributed by atoms with van der Waals surface area (Å²) in [7, 11) is 1.46. The minimum Gasteiger partial charge on any atom is -0.469 e. The third-order valence-electron chi connectivity index (χ3n) is 10.5. The lowest BCUT2D eigenvalue weighted by Gasteiger charge is -2.62. The van der Waals surface area contributed by atoms with E-state index in [1.807, 2.05) is 0 Å². The lowest BCUT2D eigenvalue weighted by atomic mass is 9.43. The van der Waals surface area contributed by atoms with Crippen LogP contribution in [0.25, 0.3) is 0 Å². The van der Waals surface area contributed by atoms with Gasteiger partial charge in [-0.05, 0) is 104 Å². The summed E-state index contributed by atoms with van der Waals surface area (Å²) in [6.45, 7) is 7.12. The van der Waals surface area contributed by atoms with Gasteiger partial charge in [0.1, 0.15) is 0 Å². The zero-order valence-electron chi connectivity index (χ0n) is 18.9. The van der Waals surface area contributed by atoms with Gasteiger partial charge in [-0.2, -0.15) is 0 Å². The van der Waals surface area contributed by atoms with Gasteiger partial charge in [0.2, 0.25) is 0 Å². The number of carbonyl (C=O) groups is 1. The van der Waals surface area contributed by atoms with E-state index in [-0.39, 0.29) is 23.6 Å². The van der Waals surface area contributed by atoms with Crippen molar-refractivity contribution >= 4 is 5.97 Å². The standard InChI is InChI=1S/C25H42O4/c1-15(5-10-23(28)29-4)19-8-9-20-18-7-6-16-13-17(26)11-12-24(16,2)21(18)14-22(27)25(19,20)3/h15-22,26-27H,5-14H2,1-4H3/t15-,16+,17-,18-,19+,20-,21-,22+,24-,25+/m0/s1. The molecule has 0 heterocycles. The molecule has 0 bridgehead atoms. The summed E-state index contributed by atoms with van der Waals surface area (Å²) in [6, 6.07) is 0. The molecule has 29 heavy (non-hydrogen) atoms. The molecule has 0 spiro atoms. The molecule has 2 N–H and O–H groups in total. The van der Waals surface area contributed by atoms with E-state index in [2.05, 4.69) is 20.8 Å². The summed E-state index contributed by atoms with van der Waals surface area (Å²) in [5.41, 5.74) is 0.271. The highest BCUT2D eigenvalue weighted by atomic mass is 16.5. The molecule has 4 heteroatoms. The van der Waals surface area contributed by atoms with Gasteiger partial charge in [0.05, 0.1) is 19.3 Å². The Balaban J connectivity index is 1.53. The molecule has 166 valence electrons. The lowest BCUT2D eigenvalue weighted by molar-refractivity contribution is -0.175. The Morgan fingerprint density at radius 3 is 2.55 bits per heavy atom. The van der Waals surface area contributed by atoms with E-state index < -0.39 is 0 Å². The second-order valence-electron chi connectivity index (χ2n) is 11.5. The van der Waals surface area contributed by atoms with Crippen molar-refractivity contribution in [1.82, 2.24) is 0 Å². The molecule has 4 saturated carbocycles. The number of hydrogen-bond acceptors (Lipinski definition) is 4.